The molecule has 0 spiro atoms. The predicted octanol–water partition coefficient (Wildman–Crippen LogP) is 3.70. The smallest absolute Gasteiger partial charge is 0.340 e. The van der Waals surface area contributed by atoms with Crippen LogP contribution in [-0.4, -0.2) is 16.2 Å². The quantitative estimate of drug-likeness (QED) is 0.701. The number of hydrogen-bond acceptors (Lipinski definition) is 4. The van der Waals surface area contributed by atoms with Crippen LogP contribution in [0.1, 0.15) is 27.0 Å². The number of rotatable bonds is 2. The number of cyclic esters (lactones) is 1. The number of ether oxygens (including phenoxy) is 1. The van der Waals surface area contributed by atoms with Crippen LogP contribution in [0.5, 0.6) is 11.5 Å². The summed E-state index contributed by atoms with van der Waals surface area (Å²) < 4.78 is 19.8. The Hall–Kier alpha value is -3.34. The van der Waals surface area contributed by atoms with Crippen molar-refractivity contribution in [3.63, 3.8) is 0 Å². The van der Waals surface area contributed by atoms with Gasteiger partial charge in [0, 0.05) is 16.7 Å². The lowest BCUT2D eigenvalue weighted by Crippen LogP contribution is -2.29. The summed E-state index contributed by atoms with van der Waals surface area (Å²) in [5.41, 5.74) is 0.552. The zero-order valence-corrected chi connectivity index (χ0v) is 12.9. The van der Waals surface area contributed by atoms with Gasteiger partial charge in [-0.05, 0) is 30.3 Å². The van der Waals surface area contributed by atoms with Crippen molar-refractivity contribution in [2.45, 2.75) is 5.60 Å². The molecule has 25 heavy (non-hydrogen) atoms. The molecule has 0 bridgehead atoms. The summed E-state index contributed by atoms with van der Waals surface area (Å²) in [6, 6.07) is 17.0. The molecular formula is C20H13FO4. The Morgan fingerprint density at radius 3 is 2.28 bits per heavy atom. The third-order valence-electron chi connectivity index (χ3n) is 4.40. The van der Waals surface area contributed by atoms with Crippen LogP contribution in [0, 0.1) is 5.82 Å². The molecule has 0 fully saturated rings. The molecule has 4 nitrogen and oxygen atoms in total. The molecule has 5 heteroatoms. The van der Waals surface area contributed by atoms with Crippen molar-refractivity contribution < 1.29 is 24.1 Å². The molecule has 0 amide bonds. The lowest BCUT2D eigenvalue weighted by atomic mass is 9.80. The van der Waals surface area contributed by atoms with Crippen LogP contribution in [-0.2, 0) is 10.3 Å². The van der Waals surface area contributed by atoms with Gasteiger partial charge in [-0.3, -0.25) is 0 Å². The van der Waals surface area contributed by atoms with E-state index in [1.807, 2.05) is 0 Å². The second-order valence-corrected chi connectivity index (χ2v) is 5.83. The summed E-state index contributed by atoms with van der Waals surface area (Å²) >= 11 is 0. The van der Waals surface area contributed by atoms with E-state index >= 15 is 0 Å². The summed E-state index contributed by atoms with van der Waals surface area (Å²) in [4.78, 5) is 12.4. The van der Waals surface area contributed by atoms with Crippen molar-refractivity contribution >= 4 is 5.97 Å². The molecule has 0 saturated heterocycles. The van der Waals surface area contributed by atoms with Crippen molar-refractivity contribution in [1.82, 2.24) is 0 Å². The Bertz CT molecular complexity index is 981. The Balaban J connectivity index is 2.05. The number of esters is 1. The zero-order valence-electron chi connectivity index (χ0n) is 12.9. The van der Waals surface area contributed by atoms with Gasteiger partial charge in [0.1, 0.15) is 5.75 Å². The zero-order chi connectivity index (χ0) is 17.6. The average Bonchev–Trinajstić information content (AvgIpc) is 2.92. The van der Waals surface area contributed by atoms with Gasteiger partial charge in [-0.1, -0.05) is 36.4 Å². The number of phenolic OH excluding ortho intramolecular Hbond substituents is 2. The minimum atomic E-state index is -1.35. The molecule has 124 valence electrons. The molecule has 4 rings (SSSR count). The maximum Gasteiger partial charge on any atom is 0.340 e. The lowest BCUT2D eigenvalue weighted by molar-refractivity contribution is 0.0250. The number of carbonyl (C=O) groups is 1. The first-order valence-electron chi connectivity index (χ1n) is 7.64. The molecule has 1 aliphatic heterocycles. The molecule has 0 aliphatic carbocycles. The number of hydrogen-bond donors (Lipinski definition) is 2. The van der Waals surface area contributed by atoms with Gasteiger partial charge < -0.3 is 14.9 Å². The van der Waals surface area contributed by atoms with E-state index in [2.05, 4.69) is 0 Å². The van der Waals surface area contributed by atoms with Gasteiger partial charge in [0.15, 0.2) is 17.2 Å². The first kappa shape index (κ1) is 15.2. The topological polar surface area (TPSA) is 66.8 Å². The number of fused-ring (bicyclic) bond motifs is 1. The molecule has 0 radical (unpaired) electrons. The molecule has 1 unspecified atom stereocenters. The molecule has 1 heterocycles. The summed E-state index contributed by atoms with van der Waals surface area (Å²) in [6.45, 7) is 0. The van der Waals surface area contributed by atoms with Crippen molar-refractivity contribution in [2.75, 3.05) is 0 Å². The highest BCUT2D eigenvalue weighted by atomic mass is 18.2. The standard InChI is InChI=1S/C20H13FO4/c21-17-11-13(7-10-18(17)23)20(12-5-8-14(22)9-6-12)16-4-2-1-3-15(16)19(24)25-20/h1-11,22-23H/i21-1. The number of carbonyl (C=O) groups excluding carboxylic acids is 1. The van der Waals surface area contributed by atoms with Crippen LogP contribution < -0.4 is 0 Å². The second kappa shape index (κ2) is 5.34. The van der Waals surface area contributed by atoms with Gasteiger partial charge in [-0.2, -0.15) is 0 Å². The third kappa shape index (κ3) is 2.16. The monoisotopic (exact) mass is 335 g/mol. The maximum atomic E-state index is 14.0. The highest BCUT2D eigenvalue weighted by Crippen LogP contribution is 2.47. The Morgan fingerprint density at radius 1 is 0.880 bits per heavy atom. The fourth-order valence-corrected chi connectivity index (χ4v) is 3.23. The van der Waals surface area contributed by atoms with Crippen molar-refractivity contribution in [2.24, 2.45) is 0 Å². The number of phenols is 2. The molecule has 2 N–H and O–H groups in total. The Morgan fingerprint density at radius 2 is 1.56 bits per heavy atom. The van der Waals surface area contributed by atoms with E-state index < -0.39 is 23.1 Å². The fourth-order valence-electron chi connectivity index (χ4n) is 3.23. The maximum absolute atomic E-state index is 14.0. The van der Waals surface area contributed by atoms with E-state index in [1.165, 1.54) is 24.3 Å². The number of halogens is 1. The molecule has 0 saturated carbocycles. The van der Waals surface area contributed by atoms with E-state index in [-0.39, 0.29) is 5.75 Å². The van der Waals surface area contributed by atoms with Crippen LogP contribution in [0.15, 0.2) is 66.7 Å². The van der Waals surface area contributed by atoms with Crippen molar-refractivity contribution in [1.29, 1.82) is 0 Å². The van der Waals surface area contributed by atoms with Gasteiger partial charge in [-0.25, -0.2) is 9.18 Å². The van der Waals surface area contributed by atoms with Gasteiger partial charge in [0.2, 0.25) is 0 Å². The van der Waals surface area contributed by atoms with Crippen LogP contribution >= 0.6 is 0 Å². The minimum Gasteiger partial charge on any atom is -0.508 e. The largest absolute Gasteiger partial charge is 0.508 e. The van der Waals surface area contributed by atoms with Crippen LogP contribution in [0.4, 0.5) is 4.39 Å². The van der Waals surface area contributed by atoms with E-state index in [4.69, 9.17) is 4.74 Å². The third-order valence-corrected chi connectivity index (χ3v) is 4.40. The first-order valence-corrected chi connectivity index (χ1v) is 7.64. The van der Waals surface area contributed by atoms with Crippen LogP contribution in [0.25, 0.3) is 0 Å². The van der Waals surface area contributed by atoms with Gasteiger partial charge in [-0.15, -0.1) is 0 Å². The van der Waals surface area contributed by atoms with Crippen molar-refractivity contribution in [3.05, 3.63) is 94.8 Å². The molecule has 3 aromatic carbocycles. The molecule has 3 aromatic rings. The first-order chi connectivity index (χ1) is 12.0. The predicted molar refractivity (Wildman–Crippen MR) is 87.9 cm³/mol. The second-order valence-electron chi connectivity index (χ2n) is 5.83. The van der Waals surface area contributed by atoms with Crippen LogP contribution in [0.2, 0.25) is 0 Å². The lowest BCUT2D eigenvalue weighted by Gasteiger charge is -2.30. The van der Waals surface area contributed by atoms with Crippen LogP contribution in [0.3, 0.4) is 0 Å². The molecule has 0 aromatic heterocycles. The number of aromatic hydroxyl groups is 2. The summed E-state index contributed by atoms with van der Waals surface area (Å²) in [5, 5.41) is 19.1. The minimum absolute atomic E-state index is 0.0633. The van der Waals surface area contributed by atoms with E-state index in [0.29, 0.717) is 22.3 Å². The molecule has 1 aliphatic rings. The normalized spacial score (nSPS) is 18.7. The molecular weight excluding hydrogens is 322 g/mol. The van der Waals surface area contributed by atoms with Crippen molar-refractivity contribution in [3.8, 4) is 11.5 Å². The van der Waals surface area contributed by atoms with E-state index in [1.54, 1.807) is 36.4 Å². The van der Waals surface area contributed by atoms with E-state index in [0.717, 1.165) is 6.07 Å². The average molecular weight is 335 g/mol. The summed E-state index contributed by atoms with van der Waals surface area (Å²) in [5.74, 6) is -1.75. The molecule has 1 atom stereocenters. The number of benzene rings is 3. The summed E-state index contributed by atoms with van der Waals surface area (Å²) in [7, 11) is 0. The van der Waals surface area contributed by atoms with Gasteiger partial charge in [0.25, 0.3) is 0 Å². The Kier molecular flexibility index (Phi) is 3.25. The highest BCUT2D eigenvalue weighted by Gasteiger charge is 2.48. The van der Waals surface area contributed by atoms with Gasteiger partial charge in [0.05, 0.1) is 5.56 Å². The fraction of sp³-hybridized carbons (Fsp3) is 0.0500. The Labute approximate surface area is 142 Å². The highest BCUT2D eigenvalue weighted by molar-refractivity contribution is 5.96. The SMILES string of the molecule is O=C1OC(c2ccc(O)cc2)(c2ccc(O)c([18F])c2)c2ccccc21. The summed E-state index contributed by atoms with van der Waals surface area (Å²) in [6.07, 6.45) is 0. The van der Waals surface area contributed by atoms with Gasteiger partial charge >= 0.3 is 5.97 Å². The van der Waals surface area contributed by atoms with E-state index in [9.17, 15) is 19.4 Å².